The maximum Gasteiger partial charge on any atom is 0.261 e. The van der Waals surface area contributed by atoms with Gasteiger partial charge in [-0.25, -0.2) is 8.42 Å². The van der Waals surface area contributed by atoms with Crippen molar-refractivity contribution in [1.29, 1.82) is 0 Å². The zero-order chi connectivity index (χ0) is 19.4. The van der Waals surface area contributed by atoms with Crippen molar-refractivity contribution in [2.24, 2.45) is 0 Å². The summed E-state index contributed by atoms with van der Waals surface area (Å²) in [6.07, 6.45) is 1.09. The van der Waals surface area contributed by atoms with E-state index in [0.29, 0.717) is 11.6 Å². The van der Waals surface area contributed by atoms with E-state index in [-0.39, 0.29) is 4.90 Å². The predicted octanol–water partition coefficient (Wildman–Crippen LogP) is 4.59. The zero-order valence-electron chi connectivity index (χ0n) is 16.0. The van der Waals surface area contributed by atoms with Crippen LogP contribution in [0.5, 0.6) is 0 Å². The SMILES string of the molecule is CCCNCc1cc2cc(NS(=O)(=O)c3ccc(C(C)C)cc3)ccc2[nH]1. The van der Waals surface area contributed by atoms with Gasteiger partial charge in [0, 0.05) is 28.8 Å². The van der Waals surface area contributed by atoms with Crippen molar-refractivity contribution in [1.82, 2.24) is 10.3 Å². The van der Waals surface area contributed by atoms with E-state index in [1.165, 1.54) is 0 Å². The predicted molar refractivity (Wildman–Crippen MR) is 112 cm³/mol. The van der Waals surface area contributed by atoms with Crippen LogP contribution in [0.2, 0.25) is 0 Å². The Labute approximate surface area is 161 Å². The number of H-pyrrole nitrogens is 1. The Bertz CT molecular complexity index is 1010. The summed E-state index contributed by atoms with van der Waals surface area (Å²) in [6.45, 7) is 8.04. The van der Waals surface area contributed by atoms with Gasteiger partial charge < -0.3 is 10.3 Å². The molecule has 2 aromatic carbocycles. The van der Waals surface area contributed by atoms with E-state index in [1.54, 1.807) is 18.2 Å². The number of aromatic nitrogens is 1. The molecule has 0 aliphatic rings. The molecule has 0 radical (unpaired) electrons. The van der Waals surface area contributed by atoms with Crippen LogP contribution in [0.15, 0.2) is 53.4 Å². The quantitative estimate of drug-likeness (QED) is 0.497. The first-order chi connectivity index (χ1) is 12.9. The molecule has 0 amide bonds. The van der Waals surface area contributed by atoms with Crippen molar-refractivity contribution in [3.8, 4) is 0 Å². The maximum absolute atomic E-state index is 12.7. The molecule has 5 nitrogen and oxygen atoms in total. The number of sulfonamides is 1. The van der Waals surface area contributed by atoms with Gasteiger partial charge in [-0.2, -0.15) is 0 Å². The smallest absolute Gasteiger partial charge is 0.261 e. The molecule has 3 N–H and O–H groups in total. The van der Waals surface area contributed by atoms with E-state index in [0.717, 1.165) is 41.7 Å². The van der Waals surface area contributed by atoms with Crippen LogP contribution in [0.3, 0.4) is 0 Å². The third-order valence-electron chi connectivity index (χ3n) is 4.53. The lowest BCUT2D eigenvalue weighted by molar-refractivity contribution is 0.601. The Balaban J connectivity index is 1.78. The van der Waals surface area contributed by atoms with Crippen molar-refractivity contribution in [3.05, 3.63) is 59.8 Å². The van der Waals surface area contributed by atoms with Crippen LogP contribution in [-0.2, 0) is 16.6 Å². The summed E-state index contributed by atoms with van der Waals surface area (Å²) in [5, 5.41) is 4.34. The fraction of sp³-hybridized carbons (Fsp3) is 0.333. The highest BCUT2D eigenvalue weighted by Gasteiger charge is 2.15. The summed E-state index contributed by atoms with van der Waals surface area (Å²) in [5.74, 6) is 0.367. The van der Waals surface area contributed by atoms with Crippen LogP contribution in [0.4, 0.5) is 5.69 Å². The summed E-state index contributed by atoms with van der Waals surface area (Å²) < 4.78 is 28.0. The van der Waals surface area contributed by atoms with Gasteiger partial charge in [0.2, 0.25) is 0 Å². The molecule has 0 aliphatic carbocycles. The molecular formula is C21H27N3O2S. The Kier molecular flexibility index (Phi) is 5.87. The number of anilines is 1. The highest BCUT2D eigenvalue weighted by molar-refractivity contribution is 7.92. The van der Waals surface area contributed by atoms with Gasteiger partial charge in [0.1, 0.15) is 0 Å². The fourth-order valence-electron chi connectivity index (χ4n) is 3.00. The number of hydrogen-bond donors (Lipinski definition) is 3. The van der Waals surface area contributed by atoms with Crippen LogP contribution in [0, 0.1) is 0 Å². The van der Waals surface area contributed by atoms with Crippen LogP contribution in [0.25, 0.3) is 10.9 Å². The third kappa shape index (κ3) is 4.70. The topological polar surface area (TPSA) is 74.0 Å². The lowest BCUT2D eigenvalue weighted by Gasteiger charge is -2.10. The van der Waals surface area contributed by atoms with Gasteiger partial charge in [-0.1, -0.05) is 32.9 Å². The molecule has 27 heavy (non-hydrogen) atoms. The van der Waals surface area contributed by atoms with E-state index >= 15 is 0 Å². The molecule has 0 saturated heterocycles. The van der Waals surface area contributed by atoms with Crippen LogP contribution >= 0.6 is 0 Å². The average Bonchev–Trinajstić information content (AvgIpc) is 3.03. The van der Waals surface area contributed by atoms with E-state index < -0.39 is 10.0 Å². The first kappa shape index (κ1) is 19.5. The average molecular weight is 386 g/mol. The van der Waals surface area contributed by atoms with E-state index in [4.69, 9.17) is 0 Å². The van der Waals surface area contributed by atoms with Crippen molar-refractivity contribution in [2.45, 2.75) is 44.6 Å². The molecule has 144 valence electrons. The van der Waals surface area contributed by atoms with Gasteiger partial charge in [0.25, 0.3) is 10.0 Å². The lowest BCUT2D eigenvalue weighted by Crippen LogP contribution is -2.13. The molecule has 1 aromatic heterocycles. The largest absolute Gasteiger partial charge is 0.357 e. The molecule has 3 rings (SSSR count). The molecule has 6 heteroatoms. The van der Waals surface area contributed by atoms with Crippen molar-refractivity contribution < 1.29 is 8.42 Å². The molecule has 0 spiro atoms. The Hall–Kier alpha value is -2.31. The van der Waals surface area contributed by atoms with E-state index in [2.05, 4.69) is 35.8 Å². The monoisotopic (exact) mass is 385 g/mol. The highest BCUT2D eigenvalue weighted by Crippen LogP contribution is 2.23. The lowest BCUT2D eigenvalue weighted by atomic mass is 10.0. The molecule has 0 fully saturated rings. The first-order valence-corrected chi connectivity index (χ1v) is 10.8. The number of nitrogens with one attached hydrogen (secondary N) is 3. The van der Waals surface area contributed by atoms with Gasteiger partial charge in [0.15, 0.2) is 0 Å². The second-order valence-electron chi connectivity index (χ2n) is 7.10. The van der Waals surface area contributed by atoms with Crippen molar-refractivity contribution >= 4 is 26.6 Å². The van der Waals surface area contributed by atoms with Gasteiger partial charge in [0.05, 0.1) is 4.90 Å². The van der Waals surface area contributed by atoms with Gasteiger partial charge >= 0.3 is 0 Å². The Morgan fingerprint density at radius 2 is 1.78 bits per heavy atom. The minimum absolute atomic E-state index is 0.269. The summed E-state index contributed by atoms with van der Waals surface area (Å²) in [7, 11) is -3.61. The molecule has 0 bridgehead atoms. The van der Waals surface area contributed by atoms with Crippen LogP contribution < -0.4 is 10.0 Å². The first-order valence-electron chi connectivity index (χ1n) is 9.34. The third-order valence-corrected chi connectivity index (χ3v) is 5.93. The standard InChI is InChI=1S/C21H27N3O2S/c1-4-11-22-14-19-13-17-12-18(7-10-21(17)23-19)24-27(25,26)20-8-5-16(6-9-20)15(2)3/h5-10,12-13,15,22-24H,4,11,14H2,1-3H3. The highest BCUT2D eigenvalue weighted by atomic mass is 32.2. The molecule has 0 saturated carbocycles. The molecule has 0 atom stereocenters. The zero-order valence-corrected chi connectivity index (χ0v) is 16.9. The van der Waals surface area contributed by atoms with E-state index in [1.807, 2.05) is 30.3 Å². The van der Waals surface area contributed by atoms with Gasteiger partial charge in [-0.15, -0.1) is 0 Å². The minimum atomic E-state index is -3.61. The van der Waals surface area contributed by atoms with Crippen molar-refractivity contribution in [2.75, 3.05) is 11.3 Å². The van der Waals surface area contributed by atoms with Crippen molar-refractivity contribution in [3.63, 3.8) is 0 Å². The maximum atomic E-state index is 12.7. The number of aromatic amines is 1. The summed E-state index contributed by atoms with van der Waals surface area (Å²) >= 11 is 0. The Morgan fingerprint density at radius 1 is 1.04 bits per heavy atom. The molecule has 0 aliphatic heterocycles. The summed E-state index contributed by atoms with van der Waals surface area (Å²) in [5.41, 5.74) is 3.75. The summed E-state index contributed by atoms with van der Waals surface area (Å²) in [6, 6.07) is 14.6. The Morgan fingerprint density at radius 3 is 2.44 bits per heavy atom. The second kappa shape index (κ2) is 8.15. The molecule has 3 aromatic rings. The number of fused-ring (bicyclic) bond motifs is 1. The number of rotatable bonds is 8. The number of benzene rings is 2. The second-order valence-corrected chi connectivity index (χ2v) is 8.79. The molecular weight excluding hydrogens is 358 g/mol. The fourth-order valence-corrected chi connectivity index (χ4v) is 4.05. The van der Waals surface area contributed by atoms with Gasteiger partial charge in [-0.3, -0.25) is 4.72 Å². The van der Waals surface area contributed by atoms with Crippen LogP contribution in [-0.4, -0.2) is 19.9 Å². The van der Waals surface area contributed by atoms with E-state index in [9.17, 15) is 8.42 Å². The minimum Gasteiger partial charge on any atom is -0.357 e. The molecule has 0 unspecified atom stereocenters. The summed E-state index contributed by atoms with van der Waals surface area (Å²) in [4.78, 5) is 3.62. The number of hydrogen-bond acceptors (Lipinski definition) is 3. The normalized spacial score (nSPS) is 12.0. The van der Waals surface area contributed by atoms with Gasteiger partial charge in [-0.05, 0) is 60.8 Å². The van der Waals surface area contributed by atoms with Crippen LogP contribution in [0.1, 0.15) is 44.4 Å². The molecule has 1 heterocycles.